The Kier molecular flexibility index (Phi) is 6.69. The number of fused-ring (bicyclic) bond motifs is 1. The lowest BCUT2D eigenvalue weighted by atomic mass is 10.1. The average molecular weight is 411 g/mol. The van der Waals surface area contributed by atoms with Gasteiger partial charge in [-0.3, -0.25) is 4.79 Å². The minimum Gasteiger partial charge on any atom is -0.497 e. The van der Waals surface area contributed by atoms with Crippen molar-refractivity contribution in [2.24, 2.45) is 0 Å². The number of carbonyl (C=O) groups excluding carboxylic acids is 2. The molecule has 30 heavy (non-hydrogen) atoms. The molecule has 0 fully saturated rings. The zero-order chi connectivity index (χ0) is 21.5. The fourth-order valence-corrected chi connectivity index (χ4v) is 2.72. The van der Waals surface area contributed by atoms with Gasteiger partial charge >= 0.3 is 11.6 Å². The third-order valence-electron chi connectivity index (χ3n) is 4.29. The summed E-state index contributed by atoms with van der Waals surface area (Å²) in [5, 5.41) is 3.43. The van der Waals surface area contributed by atoms with Gasteiger partial charge in [0.1, 0.15) is 17.1 Å². The van der Waals surface area contributed by atoms with Crippen LogP contribution in [0, 0.1) is 6.92 Å². The number of carbonyl (C=O) groups is 2. The Morgan fingerprint density at radius 3 is 2.47 bits per heavy atom. The summed E-state index contributed by atoms with van der Waals surface area (Å²) in [4.78, 5) is 35.1. The van der Waals surface area contributed by atoms with Crippen molar-refractivity contribution in [1.29, 1.82) is 0 Å². The highest BCUT2D eigenvalue weighted by Gasteiger charge is 2.10. The second-order valence-electron chi connectivity index (χ2n) is 6.48. The van der Waals surface area contributed by atoms with Gasteiger partial charge in [-0.2, -0.15) is 0 Å². The fourth-order valence-electron chi connectivity index (χ4n) is 2.72. The van der Waals surface area contributed by atoms with E-state index in [0.717, 1.165) is 22.3 Å². The summed E-state index contributed by atoms with van der Waals surface area (Å²) in [7, 11) is 1.58. The maximum absolute atomic E-state index is 11.8. The van der Waals surface area contributed by atoms with Gasteiger partial charge in [-0.05, 0) is 42.3 Å². The fraction of sp³-hybridized carbons (Fsp3) is 0.227. The molecule has 156 valence electrons. The van der Waals surface area contributed by atoms with Gasteiger partial charge < -0.3 is 23.9 Å². The molecule has 3 rings (SSSR count). The number of hydrogen-bond donors (Lipinski definition) is 1. The molecule has 0 unspecified atom stereocenters. The summed E-state index contributed by atoms with van der Waals surface area (Å²) in [6.07, 6.45) is 0. The quantitative estimate of drug-likeness (QED) is 0.448. The van der Waals surface area contributed by atoms with Crippen molar-refractivity contribution < 1.29 is 28.2 Å². The van der Waals surface area contributed by atoms with Crippen molar-refractivity contribution in [3.8, 4) is 11.5 Å². The summed E-state index contributed by atoms with van der Waals surface area (Å²) in [5.74, 6) is -0.0534. The Hall–Kier alpha value is -3.81. The van der Waals surface area contributed by atoms with Crippen LogP contribution in [0.15, 0.2) is 57.7 Å². The lowest BCUT2D eigenvalue weighted by Gasteiger charge is -2.09. The first-order valence-corrected chi connectivity index (χ1v) is 9.17. The Morgan fingerprint density at radius 1 is 1.00 bits per heavy atom. The number of amides is 1. The monoisotopic (exact) mass is 411 g/mol. The number of hydrogen-bond acceptors (Lipinski definition) is 7. The highest BCUT2D eigenvalue weighted by atomic mass is 16.6. The minimum atomic E-state index is -0.694. The lowest BCUT2D eigenvalue weighted by Crippen LogP contribution is -2.29. The van der Waals surface area contributed by atoms with Crippen molar-refractivity contribution in [1.82, 2.24) is 5.32 Å². The largest absolute Gasteiger partial charge is 0.497 e. The van der Waals surface area contributed by atoms with Crippen LogP contribution in [-0.2, 0) is 20.9 Å². The molecule has 0 spiro atoms. The third kappa shape index (κ3) is 5.60. The number of benzene rings is 2. The average Bonchev–Trinajstić information content (AvgIpc) is 2.74. The Morgan fingerprint density at radius 2 is 1.73 bits per heavy atom. The van der Waals surface area contributed by atoms with E-state index in [9.17, 15) is 14.4 Å². The van der Waals surface area contributed by atoms with Gasteiger partial charge in [0.15, 0.2) is 13.2 Å². The summed E-state index contributed by atoms with van der Waals surface area (Å²) >= 11 is 0. The molecule has 1 amide bonds. The highest BCUT2D eigenvalue weighted by Crippen LogP contribution is 2.22. The maximum atomic E-state index is 11.8. The van der Waals surface area contributed by atoms with Crippen LogP contribution in [0.3, 0.4) is 0 Å². The van der Waals surface area contributed by atoms with Crippen LogP contribution in [-0.4, -0.2) is 32.2 Å². The van der Waals surface area contributed by atoms with Crippen LogP contribution in [0.1, 0.15) is 11.1 Å². The topological polar surface area (TPSA) is 104 Å². The van der Waals surface area contributed by atoms with Gasteiger partial charge in [-0.15, -0.1) is 0 Å². The smallest absolute Gasteiger partial charge is 0.344 e. The van der Waals surface area contributed by atoms with Gasteiger partial charge in [0.2, 0.25) is 0 Å². The second-order valence-corrected chi connectivity index (χ2v) is 6.48. The van der Waals surface area contributed by atoms with Gasteiger partial charge in [0.05, 0.1) is 7.11 Å². The van der Waals surface area contributed by atoms with Crippen LogP contribution in [0.4, 0.5) is 0 Å². The Bertz CT molecular complexity index is 1100. The Balaban J connectivity index is 1.43. The lowest BCUT2D eigenvalue weighted by molar-refractivity contribution is -0.150. The van der Waals surface area contributed by atoms with Crippen molar-refractivity contribution in [3.05, 3.63) is 70.1 Å². The van der Waals surface area contributed by atoms with Crippen LogP contribution < -0.4 is 20.4 Å². The molecule has 8 heteroatoms. The Labute approximate surface area is 172 Å². The molecule has 0 atom stereocenters. The van der Waals surface area contributed by atoms with Gasteiger partial charge in [-0.1, -0.05) is 12.1 Å². The SMILES string of the molecule is COc1ccc(CNC(=O)COC(=O)COc2ccc3c(C)cc(=O)oc3c2)cc1. The molecule has 1 heterocycles. The number of rotatable bonds is 8. The summed E-state index contributed by atoms with van der Waals surface area (Å²) < 4.78 is 20.5. The van der Waals surface area contributed by atoms with Crippen LogP contribution in [0.5, 0.6) is 11.5 Å². The van der Waals surface area contributed by atoms with Crippen molar-refractivity contribution in [3.63, 3.8) is 0 Å². The summed E-state index contributed by atoms with van der Waals surface area (Å²) in [5.41, 5.74) is 1.57. The number of nitrogens with one attached hydrogen (secondary N) is 1. The van der Waals surface area contributed by atoms with E-state index in [2.05, 4.69) is 5.32 Å². The van der Waals surface area contributed by atoms with E-state index in [-0.39, 0.29) is 6.61 Å². The molecular formula is C22H21NO7. The van der Waals surface area contributed by atoms with E-state index in [1.807, 2.05) is 12.1 Å². The van der Waals surface area contributed by atoms with E-state index < -0.39 is 24.1 Å². The molecule has 0 aliphatic rings. The molecule has 0 saturated carbocycles. The van der Waals surface area contributed by atoms with Crippen LogP contribution in [0.25, 0.3) is 11.0 Å². The predicted molar refractivity (Wildman–Crippen MR) is 109 cm³/mol. The minimum absolute atomic E-state index is 0.304. The number of methoxy groups -OCH3 is 1. The zero-order valence-electron chi connectivity index (χ0n) is 16.6. The molecule has 0 bridgehead atoms. The van der Waals surface area contributed by atoms with E-state index in [1.54, 1.807) is 38.3 Å². The molecular weight excluding hydrogens is 390 g/mol. The first kappa shape index (κ1) is 20.9. The first-order valence-electron chi connectivity index (χ1n) is 9.17. The van der Waals surface area contributed by atoms with Gasteiger partial charge in [0.25, 0.3) is 5.91 Å². The second kappa shape index (κ2) is 9.60. The molecule has 1 N–H and O–H groups in total. The number of esters is 1. The zero-order valence-corrected chi connectivity index (χ0v) is 16.6. The molecule has 0 aliphatic heterocycles. The molecule has 8 nitrogen and oxygen atoms in total. The van der Waals surface area contributed by atoms with E-state index in [1.165, 1.54) is 12.1 Å². The van der Waals surface area contributed by atoms with E-state index >= 15 is 0 Å². The first-order chi connectivity index (χ1) is 14.4. The number of ether oxygens (including phenoxy) is 3. The highest BCUT2D eigenvalue weighted by molar-refractivity contribution is 5.82. The molecule has 0 aliphatic carbocycles. The van der Waals surface area contributed by atoms with Gasteiger partial charge in [-0.25, -0.2) is 9.59 Å². The molecule has 2 aromatic carbocycles. The molecule has 3 aromatic rings. The normalized spacial score (nSPS) is 10.5. The standard InChI is InChI=1S/C22H21NO7/c1-14-9-21(25)30-19-10-17(7-8-18(14)19)28-13-22(26)29-12-20(24)23-11-15-3-5-16(27-2)6-4-15/h3-10H,11-13H2,1-2H3,(H,23,24). The maximum Gasteiger partial charge on any atom is 0.344 e. The molecule has 1 aromatic heterocycles. The third-order valence-corrected chi connectivity index (χ3v) is 4.29. The summed E-state index contributed by atoms with van der Waals surface area (Å²) in [6, 6.07) is 13.6. The molecule has 0 saturated heterocycles. The van der Waals surface area contributed by atoms with Crippen molar-refractivity contribution >= 4 is 22.8 Å². The summed E-state index contributed by atoms with van der Waals surface area (Å²) in [6.45, 7) is 1.31. The molecule has 0 radical (unpaired) electrons. The predicted octanol–water partition coefficient (Wildman–Crippen LogP) is 2.35. The van der Waals surface area contributed by atoms with Crippen molar-refractivity contribution in [2.75, 3.05) is 20.3 Å². The number of aryl methyl sites for hydroxylation is 1. The van der Waals surface area contributed by atoms with E-state index in [4.69, 9.17) is 18.6 Å². The van der Waals surface area contributed by atoms with Crippen molar-refractivity contribution in [2.45, 2.75) is 13.5 Å². The van der Waals surface area contributed by atoms with Gasteiger partial charge in [0, 0.05) is 24.1 Å². The van der Waals surface area contributed by atoms with Crippen LogP contribution in [0.2, 0.25) is 0 Å². The van der Waals surface area contributed by atoms with Crippen LogP contribution >= 0.6 is 0 Å². The van der Waals surface area contributed by atoms with E-state index in [0.29, 0.717) is 17.9 Å².